The van der Waals surface area contributed by atoms with Gasteiger partial charge in [-0.25, -0.2) is 8.42 Å². The largest absolute Gasteiger partial charge is 0.497 e. The van der Waals surface area contributed by atoms with Crippen LogP contribution >= 0.6 is 0 Å². The topological polar surface area (TPSA) is 75.7 Å². The first-order valence-electron chi connectivity index (χ1n) is 9.30. The summed E-state index contributed by atoms with van der Waals surface area (Å²) in [5, 5.41) is 3.33. The van der Waals surface area contributed by atoms with Crippen molar-refractivity contribution in [2.45, 2.75) is 38.3 Å². The Balaban J connectivity index is 1.68. The Labute approximate surface area is 155 Å². The van der Waals surface area contributed by atoms with Gasteiger partial charge < -0.3 is 15.0 Å². The predicted octanol–water partition coefficient (Wildman–Crippen LogP) is 1.60. The van der Waals surface area contributed by atoms with Crippen LogP contribution in [-0.4, -0.2) is 57.0 Å². The first-order chi connectivity index (χ1) is 12.5. The van der Waals surface area contributed by atoms with Crippen molar-refractivity contribution in [1.82, 2.24) is 10.2 Å². The van der Waals surface area contributed by atoms with Crippen molar-refractivity contribution in [3.63, 3.8) is 0 Å². The molecule has 0 aromatic heterocycles. The molecule has 3 rings (SSSR count). The smallest absolute Gasteiger partial charge is 0.223 e. The molecule has 2 heterocycles. The molecule has 0 aliphatic carbocycles. The fourth-order valence-electron chi connectivity index (χ4n) is 3.80. The van der Waals surface area contributed by atoms with Gasteiger partial charge in [-0.15, -0.1) is 0 Å². The standard InChI is InChI=1S/C19H28N2O4S/c1-25-18-5-2-16(3-6-18)13-21(17-9-11-26(23,24)14-17)19(22)7-4-15-8-10-20-12-15/h2-3,5-6,15,17,20H,4,7-14H2,1H3. The summed E-state index contributed by atoms with van der Waals surface area (Å²) in [5.74, 6) is 1.64. The number of rotatable bonds is 7. The zero-order valence-corrected chi connectivity index (χ0v) is 16.1. The minimum Gasteiger partial charge on any atom is -0.497 e. The molecule has 1 aromatic carbocycles. The van der Waals surface area contributed by atoms with Crippen LogP contribution in [0.4, 0.5) is 0 Å². The summed E-state index contributed by atoms with van der Waals surface area (Å²) in [6.07, 6.45) is 3.00. The van der Waals surface area contributed by atoms with Gasteiger partial charge in [0.05, 0.1) is 18.6 Å². The average molecular weight is 381 g/mol. The van der Waals surface area contributed by atoms with Gasteiger partial charge >= 0.3 is 0 Å². The minimum atomic E-state index is -3.03. The summed E-state index contributed by atoms with van der Waals surface area (Å²) >= 11 is 0. The molecule has 0 bridgehead atoms. The molecule has 2 aliphatic rings. The van der Waals surface area contributed by atoms with Gasteiger partial charge in [-0.1, -0.05) is 12.1 Å². The number of benzene rings is 1. The number of hydrogen-bond donors (Lipinski definition) is 1. The highest BCUT2D eigenvalue weighted by molar-refractivity contribution is 7.91. The summed E-state index contributed by atoms with van der Waals surface area (Å²) in [7, 11) is -1.41. The van der Waals surface area contributed by atoms with Crippen molar-refractivity contribution >= 4 is 15.7 Å². The van der Waals surface area contributed by atoms with Crippen LogP contribution in [-0.2, 0) is 21.2 Å². The number of ether oxygens (including phenoxy) is 1. The third-order valence-corrected chi connectivity index (χ3v) is 7.16. The molecule has 2 saturated heterocycles. The van der Waals surface area contributed by atoms with Gasteiger partial charge in [0.15, 0.2) is 9.84 Å². The monoisotopic (exact) mass is 380 g/mol. The predicted molar refractivity (Wildman–Crippen MR) is 101 cm³/mol. The summed E-state index contributed by atoms with van der Waals surface area (Å²) in [4.78, 5) is 14.7. The molecule has 0 saturated carbocycles. The maximum Gasteiger partial charge on any atom is 0.223 e. The van der Waals surface area contributed by atoms with E-state index >= 15 is 0 Å². The molecule has 2 fully saturated rings. The van der Waals surface area contributed by atoms with Crippen LogP contribution in [0.2, 0.25) is 0 Å². The van der Waals surface area contributed by atoms with E-state index in [0.29, 0.717) is 25.3 Å². The van der Waals surface area contributed by atoms with Crippen molar-refractivity contribution in [3.8, 4) is 5.75 Å². The van der Waals surface area contributed by atoms with Gasteiger partial charge in [-0.3, -0.25) is 4.79 Å². The highest BCUT2D eigenvalue weighted by atomic mass is 32.2. The number of hydrogen-bond acceptors (Lipinski definition) is 5. The van der Waals surface area contributed by atoms with Crippen LogP contribution in [0.3, 0.4) is 0 Å². The fraction of sp³-hybridized carbons (Fsp3) is 0.632. The SMILES string of the molecule is COc1ccc(CN(C(=O)CCC2CCNC2)C2CCS(=O)(=O)C2)cc1. The Morgan fingerprint density at radius 1 is 1.27 bits per heavy atom. The van der Waals surface area contributed by atoms with Crippen molar-refractivity contribution in [3.05, 3.63) is 29.8 Å². The summed E-state index contributed by atoms with van der Waals surface area (Å²) in [6.45, 7) is 2.45. The lowest BCUT2D eigenvalue weighted by atomic mass is 10.0. The molecule has 2 unspecified atom stereocenters. The number of nitrogens with one attached hydrogen (secondary N) is 1. The number of nitrogens with zero attached hydrogens (tertiary/aromatic N) is 1. The molecule has 6 nitrogen and oxygen atoms in total. The quantitative estimate of drug-likeness (QED) is 0.778. The van der Waals surface area contributed by atoms with E-state index in [4.69, 9.17) is 4.74 Å². The van der Waals surface area contributed by atoms with Gasteiger partial charge in [-0.05, 0) is 56.0 Å². The number of methoxy groups -OCH3 is 1. The molecule has 1 aromatic rings. The van der Waals surface area contributed by atoms with E-state index in [9.17, 15) is 13.2 Å². The highest BCUT2D eigenvalue weighted by Crippen LogP contribution is 2.23. The van der Waals surface area contributed by atoms with E-state index in [1.807, 2.05) is 24.3 Å². The van der Waals surface area contributed by atoms with E-state index in [1.54, 1.807) is 12.0 Å². The maximum atomic E-state index is 12.9. The third kappa shape index (κ3) is 4.98. The molecular weight excluding hydrogens is 352 g/mol. The Morgan fingerprint density at radius 2 is 2.04 bits per heavy atom. The molecular formula is C19H28N2O4S. The molecule has 1 N–H and O–H groups in total. The molecule has 0 spiro atoms. The second-order valence-corrected chi connectivity index (χ2v) is 9.55. The third-order valence-electron chi connectivity index (χ3n) is 5.41. The van der Waals surface area contributed by atoms with Crippen molar-refractivity contribution < 1.29 is 17.9 Å². The minimum absolute atomic E-state index is 0.0646. The summed E-state index contributed by atoms with van der Waals surface area (Å²) < 4.78 is 29.0. The Bertz CT molecular complexity index is 712. The zero-order valence-electron chi connectivity index (χ0n) is 15.3. The number of carbonyl (C=O) groups excluding carboxylic acids is 1. The van der Waals surface area contributed by atoms with Crippen molar-refractivity contribution in [1.29, 1.82) is 0 Å². The van der Waals surface area contributed by atoms with E-state index < -0.39 is 9.84 Å². The summed E-state index contributed by atoms with van der Waals surface area (Å²) in [6, 6.07) is 7.39. The van der Waals surface area contributed by atoms with Crippen LogP contribution in [0.25, 0.3) is 0 Å². The molecule has 0 radical (unpaired) electrons. The van der Waals surface area contributed by atoms with Crippen LogP contribution in [0.15, 0.2) is 24.3 Å². The van der Waals surface area contributed by atoms with Gasteiger partial charge in [0, 0.05) is 19.0 Å². The number of sulfone groups is 1. The molecule has 26 heavy (non-hydrogen) atoms. The van der Waals surface area contributed by atoms with Gasteiger partial charge in [-0.2, -0.15) is 0 Å². The molecule has 2 atom stereocenters. The van der Waals surface area contributed by atoms with Gasteiger partial charge in [0.2, 0.25) is 5.91 Å². The molecule has 2 aliphatic heterocycles. The maximum absolute atomic E-state index is 12.9. The highest BCUT2D eigenvalue weighted by Gasteiger charge is 2.34. The van der Waals surface area contributed by atoms with E-state index in [0.717, 1.165) is 37.2 Å². The Hall–Kier alpha value is -1.60. The van der Waals surface area contributed by atoms with Gasteiger partial charge in [0.1, 0.15) is 5.75 Å². The van der Waals surface area contributed by atoms with Crippen LogP contribution in [0.1, 0.15) is 31.2 Å². The second kappa shape index (κ2) is 8.39. The average Bonchev–Trinajstić information content (AvgIpc) is 3.27. The lowest BCUT2D eigenvalue weighted by Gasteiger charge is -2.29. The summed E-state index contributed by atoms with van der Waals surface area (Å²) in [5.41, 5.74) is 0.992. The van der Waals surface area contributed by atoms with E-state index in [1.165, 1.54) is 0 Å². The van der Waals surface area contributed by atoms with Crippen molar-refractivity contribution in [2.24, 2.45) is 5.92 Å². The lowest BCUT2D eigenvalue weighted by molar-refractivity contribution is -0.134. The first-order valence-corrected chi connectivity index (χ1v) is 11.1. The first kappa shape index (κ1) is 19.2. The Kier molecular flexibility index (Phi) is 6.19. The molecule has 7 heteroatoms. The van der Waals surface area contributed by atoms with Gasteiger partial charge in [0.25, 0.3) is 0 Å². The lowest BCUT2D eigenvalue weighted by Crippen LogP contribution is -2.40. The second-order valence-electron chi connectivity index (χ2n) is 7.32. The normalized spacial score (nSPS) is 24.5. The zero-order chi connectivity index (χ0) is 18.6. The van der Waals surface area contributed by atoms with E-state index in [2.05, 4.69) is 5.32 Å². The van der Waals surface area contributed by atoms with Crippen LogP contribution in [0, 0.1) is 5.92 Å². The Morgan fingerprint density at radius 3 is 2.62 bits per heavy atom. The van der Waals surface area contributed by atoms with E-state index in [-0.39, 0.29) is 23.5 Å². The fourth-order valence-corrected chi connectivity index (χ4v) is 5.53. The molecule has 1 amide bonds. The number of carbonyl (C=O) groups is 1. The van der Waals surface area contributed by atoms with Crippen LogP contribution < -0.4 is 10.1 Å². The number of amides is 1. The van der Waals surface area contributed by atoms with Crippen LogP contribution in [0.5, 0.6) is 5.75 Å². The van der Waals surface area contributed by atoms with Crippen molar-refractivity contribution in [2.75, 3.05) is 31.7 Å². The molecule has 144 valence electrons.